The molecule has 0 aromatic heterocycles. The first-order valence-electron chi connectivity index (χ1n) is 11.1. The molecule has 5 aliphatic rings. The van der Waals surface area contributed by atoms with Crippen LogP contribution in [0, 0.1) is 29.1 Å². The molecule has 2 bridgehead atoms. The Kier molecular flexibility index (Phi) is 4.34. The van der Waals surface area contributed by atoms with E-state index in [9.17, 15) is 19.8 Å². The number of esters is 1. The molecule has 1 heterocycles. The number of fused-ring (bicyclic) bond motifs is 5. The largest absolute Gasteiger partial charge is 0.449 e. The zero-order chi connectivity index (χ0) is 20.7. The first-order valence-corrected chi connectivity index (χ1v) is 11.1. The van der Waals surface area contributed by atoms with E-state index in [1.165, 1.54) is 0 Å². The Balaban J connectivity index is 1.63. The van der Waals surface area contributed by atoms with Gasteiger partial charge in [0.2, 0.25) is 0 Å². The lowest BCUT2D eigenvalue weighted by Gasteiger charge is -2.60. The first-order chi connectivity index (χ1) is 13.7. The summed E-state index contributed by atoms with van der Waals surface area (Å²) in [6.45, 7) is 6.32. The van der Waals surface area contributed by atoms with Gasteiger partial charge in [-0.2, -0.15) is 0 Å². The second kappa shape index (κ2) is 6.38. The second-order valence-corrected chi connectivity index (χ2v) is 10.4. The summed E-state index contributed by atoms with van der Waals surface area (Å²) in [5, 5.41) is 22.8. The van der Waals surface area contributed by atoms with E-state index in [0.717, 1.165) is 24.0 Å². The minimum atomic E-state index is -1.06. The molecule has 1 saturated heterocycles. The standard InChI is InChI=1S/C23H32O6/c1-11-6-7-23(27)9-15-14-10-28-16(14)8-17(24)22(15,3)20(25)19(18(11)12(23)2)29-21(26)13-4-5-13/h12-17,19,24,27H,4-10H2,1-3H3. The molecule has 160 valence electrons. The van der Waals surface area contributed by atoms with Crippen molar-refractivity contribution in [1.29, 1.82) is 0 Å². The molecule has 6 heteroatoms. The Morgan fingerprint density at radius 1 is 1.31 bits per heavy atom. The lowest BCUT2D eigenvalue weighted by molar-refractivity contribution is -0.238. The molecule has 0 radical (unpaired) electrons. The first kappa shape index (κ1) is 19.7. The van der Waals surface area contributed by atoms with Crippen molar-refractivity contribution in [2.45, 2.75) is 83.2 Å². The summed E-state index contributed by atoms with van der Waals surface area (Å²) >= 11 is 0. The average Bonchev–Trinajstić information content (AvgIpc) is 3.49. The number of carbonyl (C=O) groups excluding carboxylic acids is 2. The Morgan fingerprint density at radius 3 is 2.66 bits per heavy atom. The number of hydrogen-bond acceptors (Lipinski definition) is 6. The predicted molar refractivity (Wildman–Crippen MR) is 104 cm³/mol. The predicted octanol–water partition coefficient (Wildman–Crippen LogP) is 2.16. The van der Waals surface area contributed by atoms with E-state index < -0.39 is 23.2 Å². The van der Waals surface area contributed by atoms with Crippen LogP contribution >= 0.6 is 0 Å². The molecule has 29 heavy (non-hydrogen) atoms. The van der Waals surface area contributed by atoms with E-state index in [0.29, 0.717) is 32.3 Å². The highest BCUT2D eigenvalue weighted by Crippen LogP contribution is 2.58. The molecule has 0 aromatic rings. The molecule has 3 saturated carbocycles. The fourth-order valence-electron chi connectivity index (χ4n) is 6.44. The number of rotatable bonds is 2. The molecule has 5 rings (SSSR count). The monoisotopic (exact) mass is 404 g/mol. The zero-order valence-corrected chi connectivity index (χ0v) is 17.5. The van der Waals surface area contributed by atoms with Crippen molar-refractivity contribution in [2.24, 2.45) is 29.1 Å². The smallest absolute Gasteiger partial charge is 0.309 e. The van der Waals surface area contributed by atoms with Gasteiger partial charge in [0.05, 0.1) is 35.7 Å². The van der Waals surface area contributed by atoms with Crippen molar-refractivity contribution < 1.29 is 29.3 Å². The Labute approximate surface area is 171 Å². The van der Waals surface area contributed by atoms with Crippen LogP contribution in [0.2, 0.25) is 0 Å². The normalized spacial score (nSPS) is 49.3. The van der Waals surface area contributed by atoms with Crippen molar-refractivity contribution in [1.82, 2.24) is 0 Å². The molecule has 0 spiro atoms. The van der Waals surface area contributed by atoms with Crippen molar-refractivity contribution >= 4 is 11.8 Å². The number of allylic oxidation sites excluding steroid dienone is 1. The van der Waals surface area contributed by atoms with E-state index in [4.69, 9.17) is 9.47 Å². The van der Waals surface area contributed by atoms with Crippen LogP contribution in [-0.4, -0.2) is 52.5 Å². The van der Waals surface area contributed by atoms with E-state index in [1.807, 2.05) is 20.8 Å². The molecule has 1 aliphatic heterocycles. The van der Waals surface area contributed by atoms with Crippen molar-refractivity contribution in [3.8, 4) is 0 Å². The van der Waals surface area contributed by atoms with Crippen LogP contribution in [0.4, 0.5) is 0 Å². The van der Waals surface area contributed by atoms with Crippen LogP contribution < -0.4 is 0 Å². The fraction of sp³-hybridized carbons (Fsp3) is 0.826. The summed E-state index contributed by atoms with van der Waals surface area (Å²) in [6, 6.07) is 0. The van der Waals surface area contributed by atoms with Gasteiger partial charge in [0.25, 0.3) is 0 Å². The Hall–Kier alpha value is -1.24. The summed E-state index contributed by atoms with van der Waals surface area (Å²) in [7, 11) is 0. The number of aliphatic hydroxyl groups is 2. The average molecular weight is 405 g/mol. The van der Waals surface area contributed by atoms with Crippen molar-refractivity contribution in [3.05, 3.63) is 11.1 Å². The van der Waals surface area contributed by atoms with Crippen molar-refractivity contribution in [3.63, 3.8) is 0 Å². The second-order valence-electron chi connectivity index (χ2n) is 10.4. The molecule has 0 aromatic carbocycles. The van der Waals surface area contributed by atoms with Crippen molar-refractivity contribution in [2.75, 3.05) is 6.61 Å². The van der Waals surface area contributed by atoms with Gasteiger partial charge in [-0.3, -0.25) is 9.59 Å². The van der Waals surface area contributed by atoms with Gasteiger partial charge in [-0.1, -0.05) is 12.5 Å². The molecule has 4 aliphatic carbocycles. The van der Waals surface area contributed by atoms with Gasteiger partial charge in [-0.25, -0.2) is 0 Å². The van der Waals surface area contributed by atoms with Gasteiger partial charge >= 0.3 is 5.97 Å². The van der Waals surface area contributed by atoms with Gasteiger partial charge in [-0.15, -0.1) is 0 Å². The number of carbonyl (C=O) groups is 2. The van der Waals surface area contributed by atoms with Crippen LogP contribution in [0.25, 0.3) is 0 Å². The summed E-state index contributed by atoms with van der Waals surface area (Å²) < 4.78 is 11.5. The number of Topliss-reactive ketones (excluding diaryl/α,β-unsaturated/α-hetero) is 1. The molecule has 6 nitrogen and oxygen atoms in total. The molecule has 8 atom stereocenters. The number of ether oxygens (including phenoxy) is 2. The van der Waals surface area contributed by atoms with Crippen LogP contribution in [0.15, 0.2) is 11.1 Å². The SMILES string of the molecule is CC1=C2C(OC(=O)C3CC3)C(=O)C3(C)C(O)CC4OCC4C3CC(O)(CC1)C2C. The van der Waals surface area contributed by atoms with Crippen LogP contribution in [0.5, 0.6) is 0 Å². The Bertz CT molecular complexity index is 784. The maximum Gasteiger partial charge on any atom is 0.309 e. The highest BCUT2D eigenvalue weighted by atomic mass is 16.5. The summed E-state index contributed by atoms with van der Waals surface area (Å²) in [6.07, 6.45) is 1.88. The van der Waals surface area contributed by atoms with Crippen LogP contribution in [0.3, 0.4) is 0 Å². The minimum absolute atomic E-state index is 0.0537. The molecule has 0 amide bonds. The molecular formula is C23H32O6. The van der Waals surface area contributed by atoms with Gasteiger partial charge in [0, 0.05) is 18.3 Å². The summed E-state index contributed by atoms with van der Waals surface area (Å²) in [4.78, 5) is 26.6. The maximum absolute atomic E-state index is 14.0. The van der Waals surface area contributed by atoms with Crippen LogP contribution in [0.1, 0.15) is 59.3 Å². The zero-order valence-electron chi connectivity index (χ0n) is 17.5. The van der Waals surface area contributed by atoms with E-state index in [2.05, 4.69) is 0 Å². The summed E-state index contributed by atoms with van der Waals surface area (Å²) in [5.74, 6) is -0.930. The minimum Gasteiger partial charge on any atom is -0.449 e. The van der Waals surface area contributed by atoms with Gasteiger partial charge in [-0.05, 0) is 57.4 Å². The quantitative estimate of drug-likeness (QED) is 0.541. The molecular weight excluding hydrogens is 372 g/mol. The molecule has 4 fully saturated rings. The van der Waals surface area contributed by atoms with Gasteiger partial charge in [0.1, 0.15) is 0 Å². The lowest BCUT2D eigenvalue weighted by atomic mass is 9.50. The summed E-state index contributed by atoms with van der Waals surface area (Å²) in [5.41, 5.74) is -0.239. The third-order valence-electron chi connectivity index (χ3n) is 8.88. The van der Waals surface area contributed by atoms with Crippen LogP contribution in [-0.2, 0) is 19.1 Å². The number of hydrogen-bond donors (Lipinski definition) is 2. The lowest BCUT2D eigenvalue weighted by Crippen LogP contribution is -2.67. The van der Waals surface area contributed by atoms with E-state index in [1.54, 1.807) is 0 Å². The highest BCUT2D eigenvalue weighted by molar-refractivity contribution is 5.94. The maximum atomic E-state index is 14.0. The van der Waals surface area contributed by atoms with Gasteiger partial charge < -0.3 is 19.7 Å². The molecule has 8 unspecified atom stereocenters. The number of aliphatic hydroxyl groups excluding tert-OH is 1. The fourth-order valence-corrected chi connectivity index (χ4v) is 6.44. The highest BCUT2D eigenvalue weighted by Gasteiger charge is 2.64. The third kappa shape index (κ3) is 2.71. The molecule has 2 N–H and O–H groups in total. The Morgan fingerprint density at radius 2 is 2.03 bits per heavy atom. The third-order valence-corrected chi connectivity index (χ3v) is 8.88. The van der Waals surface area contributed by atoms with Gasteiger partial charge in [0.15, 0.2) is 11.9 Å². The number of ketones is 1. The van der Waals surface area contributed by atoms with E-state index in [-0.39, 0.29) is 41.5 Å². The topological polar surface area (TPSA) is 93.1 Å². The van der Waals surface area contributed by atoms with E-state index >= 15 is 0 Å².